The maximum Gasteiger partial charge on any atom is 0.237 e. The van der Waals surface area contributed by atoms with Gasteiger partial charge in [0.05, 0.1) is 17.9 Å². The van der Waals surface area contributed by atoms with Crippen molar-refractivity contribution in [1.82, 2.24) is 4.98 Å². The predicted octanol–water partition coefficient (Wildman–Crippen LogP) is 5.23. The predicted molar refractivity (Wildman–Crippen MR) is 121 cm³/mol. The molecule has 1 aromatic heterocycles. The zero-order valence-electron chi connectivity index (χ0n) is 18.3. The number of benzene rings is 1. The van der Waals surface area contributed by atoms with Crippen LogP contribution in [0.15, 0.2) is 35.4 Å². The van der Waals surface area contributed by atoms with Gasteiger partial charge in [-0.15, -0.1) is 0 Å². The lowest BCUT2D eigenvalue weighted by atomic mass is 9.71. The highest BCUT2D eigenvalue weighted by Crippen LogP contribution is 2.38. The zero-order chi connectivity index (χ0) is 21.9. The Morgan fingerprint density at radius 2 is 2.13 bits per heavy atom. The van der Waals surface area contributed by atoms with Gasteiger partial charge in [-0.25, -0.2) is 4.98 Å². The first kappa shape index (κ1) is 22.2. The van der Waals surface area contributed by atoms with Crippen molar-refractivity contribution in [2.24, 2.45) is 11.3 Å². The molecule has 1 amide bonds. The zero-order valence-corrected chi connectivity index (χ0v) is 19.1. The second-order valence-corrected chi connectivity index (χ2v) is 10.2. The quantitative estimate of drug-likeness (QED) is 0.666. The number of thioether (sulfide) groups is 1. The Balaban J connectivity index is 1.74. The van der Waals surface area contributed by atoms with Gasteiger partial charge in [0, 0.05) is 17.4 Å². The van der Waals surface area contributed by atoms with Crippen molar-refractivity contribution in [3.63, 3.8) is 0 Å². The number of amides is 1. The maximum atomic E-state index is 12.7. The van der Waals surface area contributed by atoms with Crippen LogP contribution < -0.4 is 10.1 Å². The number of hydrogen-bond acceptors (Lipinski definition) is 5. The minimum absolute atomic E-state index is 0.135. The summed E-state index contributed by atoms with van der Waals surface area (Å²) in [5, 5.41) is 12.8. The number of pyridine rings is 1. The van der Waals surface area contributed by atoms with Crippen molar-refractivity contribution in [3.05, 3.63) is 47.2 Å². The number of nitrogens with zero attached hydrogens (tertiary/aromatic N) is 2. The van der Waals surface area contributed by atoms with E-state index in [0.29, 0.717) is 27.9 Å². The second-order valence-electron chi connectivity index (χ2n) is 8.85. The summed E-state index contributed by atoms with van der Waals surface area (Å²) in [6.07, 6.45) is 2.98. The molecule has 158 valence electrons. The number of aromatic nitrogens is 1. The first-order valence-electron chi connectivity index (χ1n) is 10.3. The Hall–Kier alpha value is -2.52. The Labute approximate surface area is 183 Å². The van der Waals surface area contributed by atoms with Crippen molar-refractivity contribution >= 4 is 23.4 Å². The minimum Gasteiger partial charge on any atom is -0.497 e. The van der Waals surface area contributed by atoms with Crippen LogP contribution in [0.2, 0.25) is 0 Å². The molecule has 0 fully saturated rings. The molecule has 0 saturated carbocycles. The Kier molecular flexibility index (Phi) is 6.72. The van der Waals surface area contributed by atoms with Gasteiger partial charge in [0.1, 0.15) is 16.8 Å². The fourth-order valence-electron chi connectivity index (χ4n) is 3.72. The third-order valence-electron chi connectivity index (χ3n) is 5.69. The van der Waals surface area contributed by atoms with E-state index in [4.69, 9.17) is 9.72 Å². The van der Waals surface area contributed by atoms with Crippen LogP contribution >= 0.6 is 11.8 Å². The minimum atomic E-state index is -0.389. The van der Waals surface area contributed by atoms with E-state index in [-0.39, 0.29) is 16.6 Å². The third-order valence-corrected chi connectivity index (χ3v) is 6.79. The standard InChI is InChI=1S/C24H29N3O2S/c1-15(22(28)26-19-7-6-8-20(13-19)29-5)30-23-17(14-25)11-16-12-18(24(2,3)4)9-10-21(16)27-23/h6-8,11,13,15,18H,9-10,12H2,1-5H3,(H,26,28). The molecule has 0 bridgehead atoms. The average molecular weight is 424 g/mol. The molecule has 5 nitrogen and oxygen atoms in total. The first-order chi connectivity index (χ1) is 14.2. The van der Waals surface area contributed by atoms with Gasteiger partial charge in [-0.2, -0.15) is 5.26 Å². The summed E-state index contributed by atoms with van der Waals surface area (Å²) < 4.78 is 5.20. The molecule has 1 aliphatic carbocycles. The number of nitrogens with one attached hydrogen (secondary N) is 1. The van der Waals surface area contributed by atoms with Crippen LogP contribution in [0.25, 0.3) is 0 Å². The summed E-state index contributed by atoms with van der Waals surface area (Å²) in [6.45, 7) is 8.65. The van der Waals surface area contributed by atoms with Crippen molar-refractivity contribution in [3.8, 4) is 11.8 Å². The number of hydrogen-bond donors (Lipinski definition) is 1. The molecule has 0 aliphatic heterocycles. The average Bonchev–Trinajstić information content (AvgIpc) is 2.72. The molecule has 0 spiro atoms. The van der Waals surface area contributed by atoms with Crippen molar-refractivity contribution in [2.45, 2.75) is 57.2 Å². The molecular formula is C24H29N3O2S. The van der Waals surface area contributed by atoms with Gasteiger partial charge in [-0.3, -0.25) is 4.79 Å². The number of carbonyl (C=O) groups excluding carboxylic acids is 1. The largest absolute Gasteiger partial charge is 0.497 e. The number of aryl methyl sites for hydroxylation is 1. The van der Waals surface area contributed by atoms with Gasteiger partial charge < -0.3 is 10.1 Å². The third kappa shape index (κ3) is 5.14. The van der Waals surface area contributed by atoms with Gasteiger partial charge in [-0.05, 0) is 61.3 Å². The molecule has 1 aliphatic rings. The van der Waals surface area contributed by atoms with E-state index in [9.17, 15) is 10.1 Å². The first-order valence-corrected chi connectivity index (χ1v) is 11.1. The highest BCUT2D eigenvalue weighted by Gasteiger charge is 2.30. The molecule has 0 radical (unpaired) electrons. The highest BCUT2D eigenvalue weighted by atomic mass is 32.2. The lowest BCUT2D eigenvalue weighted by Gasteiger charge is -2.34. The summed E-state index contributed by atoms with van der Waals surface area (Å²) in [4.78, 5) is 17.5. The monoisotopic (exact) mass is 423 g/mol. The molecule has 2 unspecified atom stereocenters. The van der Waals surface area contributed by atoms with Crippen LogP contribution in [0.1, 0.15) is 50.9 Å². The normalized spacial score (nSPS) is 16.9. The van der Waals surface area contributed by atoms with Crippen LogP contribution in [0.5, 0.6) is 5.75 Å². The van der Waals surface area contributed by atoms with Gasteiger partial charge in [-0.1, -0.05) is 38.6 Å². The molecule has 3 rings (SSSR count). The lowest BCUT2D eigenvalue weighted by molar-refractivity contribution is -0.115. The lowest BCUT2D eigenvalue weighted by Crippen LogP contribution is -2.27. The fourth-order valence-corrected chi connectivity index (χ4v) is 4.62. The van der Waals surface area contributed by atoms with E-state index in [2.05, 4.69) is 32.2 Å². The summed E-state index contributed by atoms with van der Waals surface area (Å²) in [6, 6.07) is 11.5. The van der Waals surface area contributed by atoms with Crippen molar-refractivity contribution in [1.29, 1.82) is 5.26 Å². The van der Waals surface area contributed by atoms with Crippen LogP contribution in [0.3, 0.4) is 0 Å². The SMILES string of the molecule is COc1cccc(NC(=O)C(C)Sc2nc3c(cc2C#N)CC(C(C)(C)C)CC3)c1. The van der Waals surface area contributed by atoms with E-state index in [1.807, 2.05) is 31.2 Å². The molecule has 1 N–H and O–H groups in total. The number of ether oxygens (including phenoxy) is 1. The molecule has 2 aromatic rings. The van der Waals surface area contributed by atoms with E-state index in [1.165, 1.54) is 17.3 Å². The molecule has 0 saturated heterocycles. The summed E-state index contributed by atoms with van der Waals surface area (Å²) in [7, 11) is 1.59. The molecule has 6 heteroatoms. The molecule has 1 heterocycles. The number of fused-ring (bicyclic) bond motifs is 1. The summed E-state index contributed by atoms with van der Waals surface area (Å²) in [5.41, 5.74) is 3.71. The fraction of sp³-hybridized carbons (Fsp3) is 0.458. The topological polar surface area (TPSA) is 75.0 Å². The van der Waals surface area contributed by atoms with Crippen LogP contribution in [-0.4, -0.2) is 23.3 Å². The Bertz CT molecular complexity index is 975. The number of methoxy groups -OCH3 is 1. The molecule has 30 heavy (non-hydrogen) atoms. The highest BCUT2D eigenvalue weighted by molar-refractivity contribution is 8.00. The van der Waals surface area contributed by atoms with E-state index in [1.54, 1.807) is 13.2 Å². The van der Waals surface area contributed by atoms with Crippen LogP contribution in [0, 0.1) is 22.7 Å². The van der Waals surface area contributed by atoms with Gasteiger partial charge in [0.15, 0.2) is 0 Å². The van der Waals surface area contributed by atoms with Crippen LogP contribution in [-0.2, 0) is 17.6 Å². The van der Waals surface area contributed by atoms with E-state index < -0.39 is 0 Å². The molecular weight excluding hydrogens is 394 g/mol. The summed E-state index contributed by atoms with van der Waals surface area (Å²) in [5.74, 6) is 1.14. The van der Waals surface area contributed by atoms with Gasteiger partial charge in [0.2, 0.25) is 5.91 Å². The number of rotatable bonds is 5. The van der Waals surface area contributed by atoms with Crippen molar-refractivity contribution in [2.75, 3.05) is 12.4 Å². The maximum absolute atomic E-state index is 12.7. The molecule has 2 atom stereocenters. The van der Waals surface area contributed by atoms with Gasteiger partial charge in [0.25, 0.3) is 0 Å². The number of carbonyl (C=O) groups is 1. The van der Waals surface area contributed by atoms with E-state index >= 15 is 0 Å². The van der Waals surface area contributed by atoms with Crippen molar-refractivity contribution < 1.29 is 9.53 Å². The van der Waals surface area contributed by atoms with Crippen LogP contribution in [0.4, 0.5) is 5.69 Å². The second kappa shape index (κ2) is 9.09. The number of nitriles is 1. The summed E-state index contributed by atoms with van der Waals surface area (Å²) >= 11 is 1.33. The van der Waals surface area contributed by atoms with Gasteiger partial charge >= 0.3 is 0 Å². The Morgan fingerprint density at radius 1 is 1.37 bits per heavy atom. The Morgan fingerprint density at radius 3 is 2.80 bits per heavy atom. The number of anilines is 1. The smallest absolute Gasteiger partial charge is 0.237 e. The molecule has 1 aromatic carbocycles. The van der Waals surface area contributed by atoms with E-state index in [0.717, 1.165) is 25.0 Å².